The molecule has 2 unspecified atom stereocenters. The molecule has 0 aromatic carbocycles. The van der Waals surface area contributed by atoms with Crippen LogP contribution in [0.2, 0.25) is 0 Å². The minimum atomic E-state index is -0.512. The molecular formula is C7H13N3O3. The zero-order valence-electron chi connectivity index (χ0n) is 7.67. The number of aliphatic hydroxyl groups is 1. The Labute approximate surface area is 76.0 Å². The maximum atomic E-state index is 8.97. The first-order chi connectivity index (χ1) is 6.11. The minimum Gasteiger partial charge on any atom is -0.396 e. The zero-order valence-corrected chi connectivity index (χ0v) is 7.67. The van der Waals surface area contributed by atoms with E-state index >= 15 is 0 Å². The number of hydrogen-bond donors (Lipinski definition) is 1. The summed E-state index contributed by atoms with van der Waals surface area (Å²) in [6, 6.07) is -0.484. The summed E-state index contributed by atoms with van der Waals surface area (Å²) in [5, 5.41) is 12.5. The SMILES string of the molecule is CC1(C)OOCC1C(CO)N=[N+]=[N-]. The van der Waals surface area contributed by atoms with Crippen LogP contribution in [-0.2, 0) is 9.78 Å². The van der Waals surface area contributed by atoms with Gasteiger partial charge in [0.15, 0.2) is 0 Å². The van der Waals surface area contributed by atoms with E-state index in [4.69, 9.17) is 20.4 Å². The van der Waals surface area contributed by atoms with Gasteiger partial charge in [-0.15, -0.1) is 0 Å². The van der Waals surface area contributed by atoms with Crippen molar-refractivity contribution in [2.24, 2.45) is 11.0 Å². The molecule has 1 fully saturated rings. The summed E-state index contributed by atoms with van der Waals surface area (Å²) < 4.78 is 0. The molecule has 1 N–H and O–H groups in total. The normalized spacial score (nSPS) is 28.1. The fourth-order valence-electron chi connectivity index (χ4n) is 1.41. The van der Waals surface area contributed by atoms with Crippen LogP contribution >= 0.6 is 0 Å². The smallest absolute Gasteiger partial charge is 0.104 e. The summed E-state index contributed by atoms with van der Waals surface area (Å²) in [6.45, 7) is 3.82. The van der Waals surface area contributed by atoms with E-state index in [2.05, 4.69) is 10.0 Å². The molecule has 0 spiro atoms. The molecule has 0 amide bonds. The fourth-order valence-corrected chi connectivity index (χ4v) is 1.41. The average molecular weight is 187 g/mol. The first kappa shape index (κ1) is 10.3. The molecule has 0 aliphatic carbocycles. The third-order valence-electron chi connectivity index (χ3n) is 2.27. The molecule has 1 heterocycles. The van der Waals surface area contributed by atoms with Crippen molar-refractivity contribution in [3.05, 3.63) is 10.4 Å². The molecule has 0 aromatic heterocycles. The summed E-state index contributed by atoms with van der Waals surface area (Å²) in [7, 11) is 0. The lowest BCUT2D eigenvalue weighted by Gasteiger charge is -2.25. The van der Waals surface area contributed by atoms with Gasteiger partial charge in [-0.2, -0.15) is 0 Å². The monoisotopic (exact) mass is 187 g/mol. The lowest BCUT2D eigenvalue weighted by molar-refractivity contribution is -0.301. The molecule has 0 bridgehead atoms. The van der Waals surface area contributed by atoms with Crippen molar-refractivity contribution in [3.63, 3.8) is 0 Å². The summed E-state index contributed by atoms with van der Waals surface area (Å²) in [5.74, 6) is -0.103. The van der Waals surface area contributed by atoms with E-state index in [1.807, 2.05) is 13.8 Å². The highest BCUT2D eigenvalue weighted by atomic mass is 17.2. The van der Waals surface area contributed by atoms with E-state index in [0.717, 1.165) is 0 Å². The van der Waals surface area contributed by atoms with Gasteiger partial charge in [0.05, 0.1) is 19.3 Å². The molecule has 1 rings (SSSR count). The molecule has 0 radical (unpaired) electrons. The topological polar surface area (TPSA) is 87.5 Å². The highest BCUT2D eigenvalue weighted by Gasteiger charge is 2.42. The molecule has 6 nitrogen and oxygen atoms in total. The van der Waals surface area contributed by atoms with Gasteiger partial charge in [0.1, 0.15) is 5.60 Å². The third kappa shape index (κ3) is 2.10. The maximum absolute atomic E-state index is 8.97. The van der Waals surface area contributed by atoms with E-state index in [1.165, 1.54) is 0 Å². The first-order valence-electron chi connectivity index (χ1n) is 4.07. The van der Waals surface area contributed by atoms with Crippen molar-refractivity contribution in [1.82, 2.24) is 0 Å². The van der Waals surface area contributed by atoms with Gasteiger partial charge < -0.3 is 5.11 Å². The van der Waals surface area contributed by atoms with Gasteiger partial charge in [0, 0.05) is 10.8 Å². The van der Waals surface area contributed by atoms with Crippen LogP contribution in [-0.4, -0.2) is 30.0 Å². The van der Waals surface area contributed by atoms with Gasteiger partial charge in [-0.3, -0.25) is 0 Å². The van der Waals surface area contributed by atoms with Crippen LogP contribution in [0.25, 0.3) is 10.4 Å². The number of hydrogen-bond acceptors (Lipinski definition) is 4. The van der Waals surface area contributed by atoms with Gasteiger partial charge in [0.2, 0.25) is 0 Å². The van der Waals surface area contributed by atoms with Gasteiger partial charge in [-0.1, -0.05) is 5.11 Å². The van der Waals surface area contributed by atoms with Crippen molar-refractivity contribution in [3.8, 4) is 0 Å². The van der Waals surface area contributed by atoms with Crippen LogP contribution in [0.1, 0.15) is 13.8 Å². The van der Waals surface area contributed by atoms with E-state index in [9.17, 15) is 0 Å². The maximum Gasteiger partial charge on any atom is 0.104 e. The number of nitrogens with zero attached hydrogens (tertiary/aromatic N) is 3. The van der Waals surface area contributed by atoms with Crippen LogP contribution in [0.5, 0.6) is 0 Å². The lowest BCUT2D eigenvalue weighted by atomic mass is 9.86. The molecule has 0 saturated carbocycles. The van der Waals surface area contributed by atoms with Crippen LogP contribution < -0.4 is 0 Å². The highest BCUT2D eigenvalue weighted by Crippen LogP contribution is 2.32. The molecule has 2 atom stereocenters. The molecule has 13 heavy (non-hydrogen) atoms. The quantitative estimate of drug-likeness (QED) is 0.309. The lowest BCUT2D eigenvalue weighted by Crippen LogP contribution is -2.38. The minimum absolute atomic E-state index is 0.103. The second-order valence-corrected chi connectivity index (χ2v) is 3.53. The van der Waals surface area contributed by atoms with Crippen LogP contribution in [0.4, 0.5) is 0 Å². The van der Waals surface area contributed by atoms with Gasteiger partial charge in [0.25, 0.3) is 0 Å². The highest BCUT2D eigenvalue weighted by molar-refractivity contribution is 4.90. The van der Waals surface area contributed by atoms with Gasteiger partial charge in [-0.25, -0.2) is 9.78 Å². The van der Waals surface area contributed by atoms with Gasteiger partial charge in [-0.05, 0) is 19.4 Å². The fraction of sp³-hybridized carbons (Fsp3) is 1.00. The first-order valence-corrected chi connectivity index (χ1v) is 4.07. The average Bonchev–Trinajstić information content (AvgIpc) is 2.41. The van der Waals surface area contributed by atoms with E-state index in [0.29, 0.717) is 6.61 Å². The number of rotatable bonds is 3. The predicted octanol–water partition coefficient (Wildman–Crippen LogP) is 1.01. The summed E-state index contributed by atoms with van der Waals surface area (Å²) in [5.41, 5.74) is 7.75. The van der Waals surface area contributed by atoms with Crippen LogP contribution in [0, 0.1) is 5.92 Å². The Balaban J connectivity index is 2.73. The van der Waals surface area contributed by atoms with E-state index in [-0.39, 0.29) is 12.5 Å². The Morgan fingerprint density at radius 3 is 2.85 bits per heavy atom. The number of azide groups is 1. The molecule has 1 aliphatic heterocycles. The van der Waals surface area contributed by atoms with Gasteiger partial charge >= 0.3 is 0 Å². The molecular weight excluding hydrogens is 174 g/mol. The Bertz CT molecular complexity index is 225. The number of aliphatic hydroxyl groups excluding tert-OH is 1. The second kappa shape index (κ2) is 3.93. The standard InChI is InChI=1S/C7H13N3O3/c1-7(2)5(4-12-13-7)6(3-11)9-10-8/h5-6,11H,3-4H2,1-2H3. The zero-order chi connectivity index (χ0) is 9.90. The Morgan fingerprint density at radius 2 is 2.46 bits per heavy atom. The van der Waals surface area contributed by atoms with Crippen molar-refractivity contribution >= 4 is 0 Å². The van der Waals surface area contributed by atoms with Crippen LogP contribution in [0.3, 0.4) is 0 Å². The van der Waals surface area contributed by atoms with E-state index < -0.39 is 11.6 Å². The molecule has 0 aromatic rings. The van der Waals surface area contributed by atoms with Crippen LogP contribution in [0.15, 0.2) is 5.11 Å². The molecule has 1 saturated heterocycles. The van der Waals surface area contributed by atoms with Crippen molar-refractivity contribution in [2.45, 2.75) is 25.5 Å². The van der Waals surface area contributed by atoms with Crippen molar-refractivity contribution < 1.29 is 14.9 Å². The largest absolute Gasteiger partial charge is 0.396 e. The van der Waals surface area contributed by atoms with Crippen molar-refractivity contribution in [2.75, 3.05) is 13.2 Å². The molecule has 74 valence electrons. The summed E-state index contributed by atoms with van der Waals surface area (Å²) in [4.78, 5) is 12.5. The Morgan fingerprint density at radius 1 is 1.77 bits per heavy atom. The summed E-state index contributed by atoms with van der Waals surface area (Å²) in [6.07, 6.45) is 0. The Kier molecular flexibility index (Phi) is 3.11. The van der Waals surface area contributed by atoms with Crippen molar-refractivity contribution in [1.29, 1.82) is 0 Å². The second-order valence-electron chi connectivity index (χ2n) is 3.53. The van der Waals surface area contributed by atoms with E-state index in [1.54, 1.807) is 0 Å². The molecule has 6 heteroatoms. The summed E-state index contributed by atoms with van der Waals surface area (Å²) >= 11 is 0. The Hall–Kier alpha value is -0.810. The third-order valence-corrected chi connectivity index (χ3v) is 2.27. The predicted molar refractivity (Wildman–Crippen MR) is 44.6 cm³/mol. The molecule has 1 aliphatic rings.